The molecule has 3 aromatic rings. The van der Waals surface area contributed by atoms with Crippen molar-refractivity contribution in [1.29, 1.82) is 0 Å². The maximum Gasteiger partial charge on any atom is 0.193 e. The van der Waals surface area contributed by atoms with Gasteiger partial charge in [0, 0.05) is 38.9 Å². The minimum Gasteiger partial charge on any atom is -0.375 e. The van der Waals surface area contributed by atoms with Crippen molar-refractivity contribution in [3.63, 3.8) is 0 Å². The summed E-state index contributed by atoms with van der Waals surface area (Å²) in [5.41, 5.74) is 3.35. The van der Waals surface area contributed by atoms with Crippen molar-refractivity contribution in [3.05, 3.63) is 84.2 Å². The maximum atomic E-state index is 5.72. The van der Waals surface area contributed by atoms with Gasteiger partial charge in [-0.2, -0.15) is 5.10 Å². The third-order valence-electron chi connectivity index (χ3n) is 4.29. The average molecular weight is 505 g/mol. The number of ether oxygens (including phenoxy) is 1. The zero-order valence-electron chi connectivity index (χ0n) is 16.9. The number of nitrogens with zero attached hydrogens (tertiary/aromatic N) is 4. The Morgan fingerprint density at radius 1 is 1.07 bits per heavy atom. The van der Waals surface area contributed by atoms with Crippen LogP contribution >= 0.6 is 24.0 Å². The van der Waals surface area contributed by atoms with E-state index >= 15 is 0 Å². The minimum absolute atomic E-state index is 0. The molecule has 0 fully saturated rings. The number of guanidine groups is 1. The van der Waals surface area contributed by atoms with Crippen LogP contribution in [0.2, 0.25) is 0 Å². The summed E-state index contributed by atoms with van der Waals surface area (Å²) in [5.74, 6) is 0.829. The van der Waals surface area contributed by atoms with Crippen molar-refractivity contribution in [2.75, 3.05) is 27.2 Å². The first-order chi connectivity index (χ1) is 13.8. The molecule has 0 atom stereocenters. The molecule has 6 nitrogen and oxygen atoms in total. The molecule has 0 spiro atoms. The van der Waals surface area contributed by atoms with E-state index in [1.807, 2.05) is 72.7 Å². The van der Waals surface area contributed by atoms with Crippen LogP contribution in [0, 0.1) is 0 Å². The second kappa shape index (κ2) is 12.2. The third-order valence-corrected chi connectivity index (χ3v) is 4.29. The van der Waals surface area contributed by atoms with E-state index in [2.05, 4.69) is 32.4 Å². The van der Waals surface area contributed by atoms with E-state index in [9.17, 15) is 0 Å². The van der Waals surface area contributed by atoms with Crippen LogP contribution in [0.5, 0.6) is 0 Å². The minimum atomic E-state index is 0. The lowest BCUT2D eigenvalue weighted by Gasteiger charge is -2.21. The van der Waals surface area contributed by atoms with Crippen molar-refractivity contribution in [2.45, 2.75) is 13.2 Å². The number of para-hydroxylation sites is 1. The number of hydrogen-bond acceptors (Lipinski definition) is 3. The molecule has 3 rings (SSSR count). The third kappa shape index (κ3) is 7.17. The molecule has 0 radical (unpaired) electrons. The summed E-state index contributed by atoms with van der Waals surface area (Å²) in [5, 5.41) is 7.79. The zero-order chi connectivity index (χ0) is 19.6. The summed E-state index contributed by atoms with van der Waals surface area (Å²) in [6.07, 6.45) is 3.93. The fourth-order valence-electron chi connectivity index (χ4n) is 2.90. The van der Waals surface area contributed by atoms with Crippen LogP contribution in [-0.4, -0.2) is 47.9 Å². The van der Waals surface area contributed by atoms with E-state index in [1.54, 1.807) is 7.05 Å². The van der Waals surface area contributed by atoms with Crippen LogP contribution < -0.4 is 5.32 Å². The van der Waals surface area contributed by atoms with Crippen LogP contribution in [0.15, 0.2) is 78.0 Å². The lowest BCUT2D eigenvalue weighted by atomic mass is 10.2. The zero-order valence-corrected chi connectivity index (χ0v) is 19.2. The first-order valence-corrected chi connectivity index (χ1v) is 9.38. The Hall–Kier alpha value is -2.39. The van der Waals surface area contributed by atoms with Crippen LogP contribution in [-0.2, 0) is 17.9 Å². The Morgan fingerprint density at radius 3 is 2.45 bits per heavy atom. The highest BCUT2D eigenvalue weighted by Gasteiger charge is 2.08. The van der Waals surface area contributed by atoms with Gasteiger partial charge in [0.2, 0.25) is 0 Å². The summed E-state index contributed by atoms with van der Waals surface area (Å²) < 4.78 is 7.60. The number of nitrogens with one attached hydrogen (secondary N) is 1. The molecule has 1 N–H and O–H groups in total. The standard InChI is InChI=1S/C22H27N5O.HI/c1-23-22(24-13-14-28-18-19-9-5-3-6-10-19)26(2)16-20-15-25-27(17-20)21-11-7-4-8-12-21;/h3-12,15,17H,13-14,16,18H2,1-2H3,(H,23,24);1H. The summed E-state index contributed by atoms with van der Waals surface area (Å²) in [4.78, 5) is 6.43. The van der Waals surface area contributed by atoms with Crippen molar-refractivity contribution in [1.82, 2.24) is 20.0 Å². The van der Waals surface area contributed by atoms with E-state index < -0.39 is 0 Å². The fourth-order valence-corrected chi connectivity index (χ4v) is 2.90. The number of aromatic nitrogens is 2. The molecule has 1 aromatic heterocycles. The molecule has 0 aliphatic rings. The molecular weight excluding hydrogens is 477 g/mol. The SMILES string of the molecule is CN=C(NCCOCc1ccccc1)N(C)Cc1cnn(-c2ccccc2)c1.I. The van der Waals surface area contributed by atoms with Gasteiger partial charge in [0.25, 0.3) is 0 Å². The number of aliphatic imine (C=N–C) groups is 1. The number of rotatable bonds is 8. The lowest BCUT2D eigenvalue weighted by Crippen LogP contribution is -2.39. The Balaban J connectivity index is 0.00000300. The molecule has 0 aliphatic heterocycles. The fraction of sp³-hybridized carbons (Fsp3) is 0.273. The van der Waals surface area contributed by atoms with Crippen LogP contribution in [0.25, 0.3) is 5.69 Å². The monoisotopic (exact) mass is 505 g/mol. The summed E-state index contributed by atoms with van der Waals surface area (Å²) >= 11 is 0. The number of benzene rings is 2. The first kappa shape index (κ1) is 22.9. The molecule has 7 heteroatoms. The largest absolute Gasteiger partial charge is 0.375 e. The highest BCUT2D eigenvalue weighted by atomic mass is 127. The highest BCUT2D eigenvalue weighted by molar-refractivity contribution is 14.0. The molecule has 2 aromatic carbocycles. The molecule has 0 unspecified atom stereocenters. The number of hydrogen-bond donors (Lipinski definition) is 1. The lowest BCUT2D eigenvalue weighted by molar-refractivity contribution is 0.125. The van der Waals surface area contributed by atoms with Gasteiger partial charge in [-0.25, -0.2) is 4.68 Å². The van der Waals surface area contributed by atoms with Crippen molar-refractivity contribution in [3.8, 4) is 5.69 Å². The summed E-state index contributed by atoms with van der Waals surface area (Å²) in [6, 6.07) is 20.3. The molecule has 0 aliphatic carbocycles. The van der Waals surface area contributed by atoms with E-state index in [4.69, 9.17) is 4.74 Å². The van der Waals surface area contributed by atoms with Crippen LogP contribution in [0.4, 0.5) is 0 Å². The Morgan fingerprint density at radius 2 is 1.76 bits per heavy atom. The quantitative estimate of drug-likeness (QED) is 0.220. The van der Waals surface area contributed by atoms with Gasteiger partial charge in [-0.3, -0.25) is 4.99 Å². The van der Waals surface area contributed by atoms with Crippen LogP contribution in [0.3, 0.4) is 0 Å². The highest BCUT2D eigenvalue weighted by Crippen LogP contribution is 2.09. The summed E-state index contributed by atoms with van der Waals surface area (Å²) in [7, 11) is 3.80. The second-order valence-electron chi connectivity index (χ2n) is 6.50. The van der Waals surface area contributed by atoms with Crippen LogP contribution in [0.1, 0.15) is 11.1 Å². The van der Waals surface area contributed by atoms with Crippen molar-refractivity contribution in [2.24, 2.45) is 4.99 Å². The van der Waals surface area contributed by atoms with E-state index in [0.29, 0.717) is 19.8 Å². The molecular formula is C22H28IN5O. The molecule has 0 saturated heterocycles. The predicted octanol–water partition coefficient (Wildman–Crippen LogP) is 3.71. The molecule has 0 amide bonds. The topological polar surface area (TPSA) is 54.7 Å². The smallest absolute Gasteiger partial charge is 0.193 e. The van der Waals surface area contributed by atoms with Gasteiger partial charge in [0.15, 0.2) is 5.96 Å². The van der Waals surface area contributed by atoms with Gasteiger partial charge in [-0.05, 0) is 17.7 Å². The molecule has 29 heavy (non-hydrogen) atoms. The molecule has 154 valence electrons. The van der Waals surface area contributed by atoms with Crippen molar-refractivity contribution >= 4 is 29.9 Å². The van der Waals surface area contributed by atoms with Crippen molar-refractivity contribution < 1.29 is 4.74 Å². The van der Waals surface area contributed by atoms with Gasteiger partial charge < -0.3 is 15.0 Å². The molecule has 0 bridgehead atoms. The van der Waals surface area contributed by atoms with E-state index in [-0.39, 0.29) is 24.0 Å². The molecule has 0 saturated carbocycles. The van der Waals surface area contributed by atoms with E-state index in [0.717, 1.165) is 23.8 Å². The molecule has 1 heterocycles. The Bertz CT molecular complexity index is 867. The maximum absolute atomic E-state index is 5.72. The first-order valence-electron chi connectivity index (χ1n) is 9.38. The predicted molar refractivity (Wildman–Crippen MR) is 128 cm³/mol. The Labute approximate surface area is 189 Å². The van der Waals surface area contributed by atoms with E-state index in [1.165, 1.54) is 5.56 Å². The normalized spacial score (nSPS) is 11.0. The van der Waals surface area contributed by atoms with Gasteiger partial charge in [-0.1, -0.05) is 48.5 Å². The Kier molecular flexibility index (Phi) is 9.66. The van der Waals surface area contributed by atoms with Gasteiger partial charge >= 0.3 is 0 Å². The number of halogens is 1. The van der Waals surface area contributed by atoms with Gasteiger partial charge in [0.1, 0.15) is 0 Å². The average Bonchev–Trinajstić information content (AvgIpc) is 3.20. The van der Waals surface area contributed by atoms with Gasteiger partial charge in [-0.15, -0.1) is 24.0 Å². The van der Waals surface area contributed by atoms with Gasteiger partial charge in [0.05, 0.1) is 25.1 Å². The summed E-state index contributed by atoms with van der Waals surface area (Å²) in [6.45, 7) is 2.66. The second-order valence-corrected chi connectivity index (χ2v) is 6.50.